The lowest BCUT2D eigenvalue weighted by atomic mass is 10.00. The number of aliphatic hydroxyl groups is 1. The van der Waals surface area contributed by atoms with E-state index >= 15 is 0 Å². The van der Waals surface area contributed by atoms with Crippen LogP contribution in [0.5, 0.6) is 0 Å². The molecule has 0 saturated carbocycles. The van der Waals surface area contributed by atoms with Crippen LogP contribution in [0.2, 0.25) is 0 Å². The molecule has 94 valence electrons. The predicted molar refractivity (Wildman–Crippen MR) is 73.9 cm³/mol. The molecule has 0 aliphatic heterocycles. The first-order chi connectivity index (χ1) is 8.56. The van der Waals surface area contributed by atoms with E-state index < -0.39 is 6.10 Å². The molecule has 0 radical (unpaired) electrons. The Hall–Kier alpha value is -1.19. The summed E-state index contributed by atoms with van der Waals surface area (Å²) in [7, 11) is 0. The predicted octanol–water partition coefficient (Wildman–Crippen LogP) is 4.17. The van der Waals surface area contributed by atoms with Gasteiger partial charge in [0.2, 0.25) is 0 Å². The van der Waals surface area contributed by atoms with E-state index in [9.17, 15) is 9.50 Å². The fourth-order valence-corrected chi connectivity index (χ4v) is 2.35. The average Bonchev–Trinajstić information content (AvgIpc) is 2.28. The molecule has 18 heavy (non-hydrogen) atoms. The Balaban J connectivity index is 2.19. The number of hydrogen-bond donors (Lipinski definition) is 1. The molecular formula is C15H14BrFO. The Morgan fingerprint density at radius 1 is 1.22 bits per heavy atom. The summed E-state index contributed by atoms with van der Waals surface area (Å²) in [6.45, 7) is 1.83. The molecule has 0 aliphatic carbocycles. The SMILES string of the molecule is Cc1ccc(C(O)Cc2cccc(Br)c2)c(F)c1. The van der Waals surface area contributed by atoms with E-state index in [1.165, 1.54) is 6.07 Å². The van der Waals surface area contributed by atoms with Crippen LogP contribution in [-0.2, 0) is 6.42 Å². The monoisotopic (exact) mass is 308 g/mol. The number of aliphatic hydroxyl groups excluding tert-OH is 1. The van der Waals surface area contributed by atoms with Gasteiger partial charge in [0.1, 0.15) is 5.82 Å². The van der Waals surface area contributed by atoms with Crippen molar-refractivity contribution in [3.8, 4) is 0 Å². The van der Waals surface area contributed by atoms with Crippen LogP contribution in [-0.4, -0.2) is 5.11 Å². The van der Waals surface area contributed by atoms with Gasteiger partial charge in [-0.25, -0.2) is 4.39 Å². The van der Waals surface area contributed by atoms with Gasteiger partial charge < -0.3 is 5.11 Å². The smallest absolute Gasteiger partial charge is 0.129 e. The highest BCUT2D eigenvalue weighted by atomic mass is 79.9. The number of halogens is 2. The van der Waals surface area contributed by atoms with Gasteiger partial charge in [0.15, 0.2) is 0 Å². The summed E-state index contributed by atoms with van der Waals surface area (Å²) in [4.78, 5) is 0. The van der Waals surface area contributed by atoms with Crippen molar-refractivity contribution in [1.29, 1.82) is 0 Å². The lowest BCUT2D eigenvalue weighted by Gasteiger charge is -2.12. The van der Waals surface area contributed by atoms with Crippen molar-refractivity contribution < 1.29 is 9.50 Å². The third-order valence-corrected chi connectivity index (χ3v) is 3.33. The maximum absolute atomic E-state index is 13.7. The summed E-state index contributed by atoms with van der Waals surface area (Å²) < 4.78 is 14.7. The number of rotatable bonds is 3. The van der Waals surface area contributed by atoms with E-state index in [1.807, 2.05) is 37.3 Å². The molecular weight excluding hydrogens is 295 g/mol. The minimum absolute atomic E-state index is 0.348. The lowest BCUT2D eigenvalue weighted by molar-refractivity contribution is 0.173. The molecule has 2 rings (SSSR count). The highest BCUT2D eigenvalue weighted by Crippen LogP contribution is 2.23. The van der Waals surface area contributed by atoms with E-state index in [4.69, 9.17) is 0 Å². The maximum atomic E-state index is 13.7. The third kappa shape index (κ3) is 3.18. The Bertz CT molecular complexity index is 554. The van der Waals surface area contributed by atoms with Gasteiger partial charge in [-0.3, -0.25) is 0 Å². The first kappa shape index (κ1) is 13.2. The van der Waals surface area contributed by atoms with E-state index in [-0.39, 0.29) is 5.82 Å². The Morgan fingerprint density at radius 2 is 2.00 bits per heavy atom. The number of benzene rings is 2. The molecule has 0 saturated heterocycles. The standard InChI is InChI=1S/C15H14BrFO/c1-10-5-6-13(14(17)7-10)15(18)9-11-3-2-4-12(16)8-11/h2-8,15,18H,9H2,1H3. The first-order valence-electron chi connectivity index (χ1n) is 5.75. The van der Waals surface area contributed by atoms with Crippen LogP contribution >= 0.6 is 15.9 Å². The van der Waals surface area contributed by atoms with Crippen molar-refractivity contribution >= 4 is 15.9 Å². The second-order valence-corrected chi connectivity index (χ2v) is 5.29. The highest BCUT2D eigenvalue weighted by molar-refractivity contribution is 9.10. The zero-order valence-corrected chi connectivity index (χ0v) is 11.6. The summed E-state index contributed by atoms with van der Waals surface area (Å²) >= 11 is 3.38. The van der Waals surface area contributed by atoms with E-state index in [2.05, 4.69) is 15.9 Å². The van der Waals surface area contributed by atoms with Gasteiger partial charge in [-0.15, -0.1) is 0 Å². The molecule has 0 fully saturated rings. The molecule has 0 spiro atoms. The quantitative estimate of drug-likeness (QED) is 0.902. The second kappa shape index (κ2) is 5.63. The molecule has 2 aromatic carbocycles. The lowest BCUT2D eigenvalue weighted by Crippen LogP contribution is -2.04. The van der Waals surface area contributed by atoms with Gasteiger partial charge in [0.05, 0.1) is 6.10 Å². The Kier molecular flexibility index (Phi) is 4.15. The minimum Gasteiger partial charge on any atom is -0.388 e. The molecule has 0 heterocycles. The minimum atomic E-state index is -0.820. The van der Waals surface area contributed by atoms with Crippen LogP contribution in [0, 0.1) is 12.7 Å². The van der Waals surface area contributed by atoms with Crippen molar-refractivity contribution in [2.75, 3.05) is 0 Å². The Labute approximate surface area is 114 Å². The maximum Gasteiger partial charge on any atom is 0.129 e. The van der Waals surface area contributed by atoms with E-state index in [0.717, 1.165) is 15.6 Å². The largest absolute Gasteiger partial charge is 0.388 e. The summed E-state index contributed by atoms with van der Waals surface area (Å²) in [5.41, 5.74) is 2.17. The van der Waals surface area contributed by atoms with Gasteiger partial charge in [0.25, 0.3) is 0 Å². The summed E-state index contributed by atoms with van der Waals surface area (Å²) in [6.07, 6.45) is -0.417. The van der Waals surface area contributed by atoms with Gasteiger partial charge in [-0.1, -0.05) is 40.2 Å². The molecule has 0 amide bonds. The molecule has 3 heteroatoms. The van der Waals surface area contributed by atoms with Crippen LogP contribution in [0.3, 0.4) is 0 Å². The number of aryl methyl sites for hydroxylation is 1. The molecule has 1 N–H and O–H groups in total. The summed E-state index contributed by atoms with van der Waals surface area (Å²) in [5.74, 6) is -0.350. The topological polar surface area (TPSA) is 20.2 Å². The highest BCUT2D eigenvalue weighted by Gasteiger charge is 2.13. The van der Waals surface area contributed by atoms with Crippen LogP contribution in [0.1, 0.15) is 22.8 Å². The van der Waals surface area contributed by atoms with Crippen molar-refractivity contribution in [1.82, 2.24) is 0 Å². The number of hydrogen-bond acceptors (Lipinski definition) is 1. The summed E-state index contributed by atoms with van der Waals surface area (Å²) in [6, 6.07) is 12.6. The van der Waals surface area contributed by atoms with Crippen LogP contribution < -0.4 is 0 Å². The molecule has 1 nitrogen and oxygen atoms in total. The van der Waals surface area contributed by atoms with Gasteiger partial charge in [-0.05, 0) is 36.2 Å². The Morgan fingerprint density at radius 3 is 2.67 bits per heavy atom. The fourth-order valence-electron chi connectivity index (χ4n) is 1.90. The van der Waals surface area contributed by atoms with Crippen LogP contribution in [0.15, 0.2) is 46.9 Å². The molecule has 2 aromatic rings. The van der Waals surface area contributed by atoms with Gasteiger partial charge in [-0.2, -0.15) is 0 Å². The van der Waals surface area contributed by atoms with Crippen LogP contribution in [0.25, 0.3) is 0 Å². The van der Waals surface area contributed by atoms with Gasteiger partial charge >= 0.3 is 0 Å². The molecule has 0 aliphatic rings. The zero-order chi connectivity index (χ0) is 13.1. The first-order valence-corrected chi connectivity index (χ1v) is 6.54. The van der Waals surface area contributed by atoms with E-state index in [1.54, 1.807) is 6.07 Å². The van der Waals surface area contributed by atoms with E-state index in [0.29, 0.717) is 12.0 Å². The van der Waals surface area contributed by atoms with Crippen molar-refractivity contribution in [2.45, 2.75) is 19.4 Å². The normalized spacial score (nSPS) is 12.4. The second-order valence-electron chi connectivity index (χ2n) is 4.37. The fraction of sp³-hybridized carbons (Fsp3) is 0.200. The van der Waals surface area contributed by atoms with Gasteiger partial charge in [0, 0.05) is 16.5 Å². The molecule has 1 atom stereocenters. The third-order valence-electron chi connectivity index (χ3n) is 2.83. The van der Waals surface area contributed by atoms with Crippen molar-refractivity contribution in [2.24, 2.45) is 0 Å². The molecule has 0 aromatic heterocycles. The van der Waals surface area contributed by atoms with Crippen molar-refractivity contribution in [3.05, 3.63) is 69.4 Å². The summed E-state index contributed by atoms with van der Waals surface area (Å²) in [5, 5.41) is 10.1. The van der Waals surface area contributed by atoms with Crippen molar-refractivity contribution in [3.63, 3.8) is 0 Å². The molecule has 1 unspecified atom stereocenters. The average molecular weight is 309 g/mol. The molecule has 0 bridgehead atoms. The van der Waals surface area contributed by atoms with Crippen LogP contribution in [0.4, 0.5) is 4.39 Å². The zero-order valence-electron chi connectivity index (χ0n) is 10.0.